The van der Waals surface area contributed by atoms with Crippen LogP contribution in [0.2, 0.25) is 0 Å². The number of nitrogens with one attached hydrogen (secondary N) is 3. The number of allylic oxidation sites excluding steroid dienone is 1. The van der Waals surface area contributed by atoms with E-state index in [4.69, 9.17) is 16.6 Å². The zero-order valence-electron chi connectivity index (χ0n) is 18.9. The number of carbonyl (C=O) groups excluding carboxylic acids is 1. The quantitative estimate of drug-likeness (QED) is 0.445. The first-order chi connectivity index (χ1) is 15.4. The molecular formula is C26H33N5O. The number of carbonyl (C=O) groups is 1. The Bertz CT molecular complexity index is 997. The van der Waals surface area contributed by atoms with Gasteiger partial charge in [0, 0.05) is 60.5 Å². The van der Waals surface area contributed by atoms with Crippen LogP contribution in [0, 0.1) is 16.7 Å². The Morgan fingerprint density at radius 2 is 1.97 bits per heavy atom. The molecule has 0 spiro atoms. The second-order valence-corrected chi connectivity index (χ2v) is 8.97. The van der Waals surface area contributed by atoms with Crippen LogP contribution in [0.15, 0.2) is 54.7 Å². The number of hydrogen-bond acceptors (Lipinski definition) is 5. The number of nitrogens with two attached hydrogens (primary N) is 1. The van der Waals surface area contributed by atoms with Crippen molar-refractivity contribution in [3.63, 3.8) is 0 Å². The highest BCUT2D eigenvalue weighted by Gasteiger charge is 2.40. The van der Waals surface area contributed by atoms with Gasteiger partial charge in [-0.05, 0) is 55.9 Å². The third-order valence-electron chi connectivity index (χ3n) is 6.19. The molecule has 3 rings (SSSR count). The molecule has 0 saturated carbocycles. The summed E-state index contributed by atoms with van der Waals surface area (Å²) in [5.74, 6) is 0.545. The highest BCUT2D eigenvalue weighted by molar-refractivity contribution is 6.08. The van der Waals surface area contributed by atoms with Crippen molar-refractivity contribution >= 4 is 29.6 Å². The molecule has 5 N–H and O–H groups in total. The molecule has 0 aliphatic carbocycles. The van der Waals surface area contributed by atoms with Crippen LogP contribution < -0.4 is 11.1 Å². The maximum absolute atomic E-state index is 13.0. The predicted molar refractivity (Wildman–Crippen MR) is 132 cm³/mol. The molecule has 1 heterocycles. The van der Waals surface area contributed by atoms with Crippen molar-refractivity contribution in [3.8, 4) is 0 Å². The summed E-state index contributed by atoms with van der Waals surface area (Å²) in [5.41, 5.74) is 9.65. The van der Waals surface area contributed by atoms with Gasteiger partial charge < -0.3 is 26.8 Å². The number of benzene rings is 2. The van der Waals surface area contributed by atoms with Crippen LogP contribution in [-0.2, 0) is 11.2 Å². The van der Waals surface area contributed by atoms with Crippen molar-refractivity contribution in [1.82, 2.24) is 4.90 Å². The second kappa shape index (κ2) is 10.3. The Morgan fingerprint density at radius 1 is 1.22 bits per heavy atom. The van der Waals surface area contributed by atoms with E-state index < -0.39 is 0 Å². The molecule has 0 aromatic heterocycles. The fraction of sp³-hybridized carbons (Fsp3) is 0.346. The van der Waals surface area contributed by atoms with Crippen molar-refractivity contribution in [2.75, 3.05) is 18.4 Å². The van der Waals surface area contributed by atoms with E-state index in [0.717, 1.165) is 42.7 Å². The maximum Gasteiger partial charge on any atom is 0.223 e. The lowest BCUT2D eigenvalue weighted by Gasteiger charge is -2.31. The molecule has 6 nitrogen and oxygen atoms in total. The minimum atomic E-state index is -0.168. The van der Waals surface area contributed by atoms with Crippen LogP contribution in [0.3, 0.4) is 0 Å². The van der Waals surface area contributed by atoms with Gasteiger partial charge in [-0.3, -0.25) is 4.79 Å². The van der Waals surface area contributed by atoms with E-state index in [-0.39, 0.29) is 11.4 Å². The molecule has 1 amide bonds. The standard InChI is InChI=1S/C26H33N5O/c1-26(2)13-20(18-31(26)25(32)11-8-19-6-4-3-5-7-19)17-30-24-10-9-21(12-22(24)14-27)23(15-28)16-29/h3-7,9-10,12,14-16,20,27-28,30H,8,11,13,17-18,29H2,1-2H3/b23-16+,27-14?,28-15?. The molecule has 1 aliphatic rings. The summed E-state index contributed by atoms with van der Waals surface area (Å²) in [6.45, 7) is 5.75. The van der Waals surface area contributed by atoms with Gasteiger partial charge in [0.15, 0.2) is 0 Å². The molecule has 32 heavy (non-hydrogen) atoms. The largest absolute Gasteiger partial charge is 0.404 e. The summed E-state index contributed by atoms with van der Waals surface area (Å²) in [7, 11) is 0. The number of nitrogens with zero attached hydrogens (tertiary/aromatic N) is 1. The van der Waals surface area contributed by atoms with E-state index in [1.807, 2.05) is 41.3 Å². The zero-order chi connectivity index (χ0) is 23.1. The summed E-state index contributed by atoms with van der Waals surface area (Å²) < 4.78 is 0. The van der Waals surface area contributed by atoms with Gasteiger partial charge in [-0.25, -0.2) is 0 Å². The summed E-state index contributed by atoms with van der Waals surface area (Å²) in [6.07, 6.45) is 6.13. The molecule has 0 radical (unpaired) electrons. The van der Waals surface area contributed by atoms with Gasteiger partial charge in [-0.2, -0.15) is 0 Å². The van der Waals surface area contributed by atoms with Gasteiger partial charge in [0.25, 0.3) is 0 Å². The number of rotatable bonds is 9. The van der Waals surface area contributed by atoms with E-state index in [2.05, 4.69) is 31.3 Å². The molecule has 6 heteroatoms. The van der Waals surface area contributed by atoms with Crippen LogP contribution in [0.25, 0.3) is 5.57 Å². The Hall–Kier alpha value is -3.41. The Morgan fingerprint density at radius 3 is 2.62 bits per heavy atom. The second-order valence-electron chi connectivity index (χ2n) is 8.97. The summed E-state index contributed by atoms with van der Waals surface area (Å²) in [4.78, 5) is 15.0. The molecule has 0 bridgehead atoms. The van der Waals surface area contributed by atoms with Gasteiger partial charge in [-0.1, -0.05) is 36.4 Å². The van der Waals surface area contributed by atoms with E-state index in [0.29, 0.717) is 17.9 Å². The van der Waals surface area contributed by atoms with Crippen molar-refractivity contribution < 1.29 is 4.79 Å². The molecule has 2 aromatic carbocycles. The zero-order valence-corrected chi connectivity index (χ0v) is 18.9. The third-order valence-corrected chi connectivity index (χ3v) is 6.19. The van der Waals surface area contributed by atoms with Gasteiger partial charge in [0.05, 0.1) is 0 Å². The van der Waals surface area contributed by atoms with Crippen LogP contribution >= 0.6 is 0 Å². The lowest BCUT2D eigenvalue weighted by Crippen LogP contribution is -2.42. The average Bonchev–Trinajstić information content (AvgIpc) is 3.12. The summed E-state index contributed by atoms with van der Waals surface area (Å²) in [5, 5.41) is 18.7. The first kappa shape index (κ1) is 23.3. The number of amides is 1. The highest BCUT2D eigenvalue weighted by Crippen LogP contribution is 2.34. The molecule has 1 fully saturated rings. The number of likely N-dealkylation sites (tertiary alicyclic amines) is 1. The van der Waals surface area contributed by atoms with Crippen LogP contribution in [-0.4, -0.2) is 41.9 Å². The Labute approximate surface area is 190 Å². The lowest BCUT2D eigenvalue weighted by atomic mass is 9.96. The van der Waals surface area contributed by atoms with E-state index in [1.54, 1.807) is 0 Å². The first-order valence-electron chi connectivity index (χ1n) is 11.0. The minimum absolute atomic E-state index is 0.168. The monoisotopic (exact) mass is 431 g/mol. The molecular weight excluding hydrogens is 398 g/mol. The fourth-order valence-electron chi connectivity index (χ4n) is 4.50. The van der Waals surface area contributed by atoms with Crippen LogP contribution in [0.5, 0.6) is 0 Å². The topological polar surface area (TPSA) is 106 Å². The van der Waals surface area contributed by atoms with E-state index in [9.17, 15) is 4.79 Å². The predicted octanol–water partition coefficient (Wildman–Crippen LogP) is 4.31. The summed E-state index contributed by atoms with van der Waals surface area (Å²) >= 11 is 0. The Kier molecular flexibility index (Phi) is 7.46. The number of hydrogen-bond donors (Lipinski definition) is 4. The maximum atomic E-state index is 13.0. The minimum Gasteiger partial charge on any atom is -0.404 e. The fourth-order valence-corrected chi connectivity index (χ4v) is 4.50. The average molecular weight is 432 g/mol. The summed E-state index contributed by atoms with van der Waals surface area (Å²) in [6, 6.07) is 15.8. The van der Waals surface area contributed by atoms with Gasteiger partial charge in [0.2, 0.25) is 5.91 Å². The van der Waals surface area contributed by atoms with E-state index in [1.165, 1.54) is 24.2 Å². The SMILES string of the molecule is CC1(C)CC(CNc2ccc(/C(C=N)=C/N)cc2C=N)CN1C(=O)CCc1ccccc1. The first-order valence-corrected chi connectivity index (χ1v) is 11.0. The van der Waals surface area contributed by atoms with Crippen molar-refractivity contribution in [1.29, 1.82) is 10.8 Å². The normalized spacial score (nSPS) is 17.8. The van der Waals surface area contributed by atoms with Crippen molar-refractivity contribution in [2.24, 2.45) is 11.7 Å². The number of aryl methyl sites for hydroxylation is 1. The van der Waals surface area contributed by atoms with Crippen LogP contribution in [0.1, 0.15) is 43.4 Å². The number of anilines is 1. The Balaban J connectivity index is 1.61. The van der Waals surface area contributed by atoms with Crippen LogP contribution in [0.4, 0.5) is 5.69 Å². The molecule has 1 aliphatic heterocycles. The van der Waals surface area contributed by atoms with E-state index >= 15 is 0 Å². The molecule has 2 aromatic rings. The highest BCUT2D eigenvalue weighted by atomic mass is 16.2. The van der Waals surface area contributed by atoms with Gasteiger partial charge in [-0.15, -0.1) is 0 Å². The third kappa shape index (κ3) is 5.44. The molecule has 168 valence electrons. The molecule has 1 saturated heterocycles. The molecule has 1 unspecified atom stereocenters. The van der Waals surface area contributed by atoms with Crippen molar-refractivity contribution in [3.05, 3.63) is 71.4 Å². The smallest absolute Gasteiger partial charge is 0.223 e. The lowest BCUT2D eigenvalue weighted by molar-refractivity contribution is -0.134. The van der Waals surface area contributed by atoms with Gasteiger partial charge >= 0.3 is 0 Å². The molecule has 1 atom stereocenters. The van der Waals surface area contributed by atoms with Gasteiger partial charge in [0.1, 0.15) is 0 Å². The van der Waals surface area contributed by atoms with Crippen molar-refractivity contribution in [2.45, 2.75) is 38.6 Å².